The molecule has 2 aliphatic rings. The van der Waals surface area contributed by atoms with Gasteiger partial charge in [-0.1, -0.05) is 174 Å². The number of cyclic esters (lactones) is 1. The summed E-state index contributed by atoms with van der Waals surface area (Å²) in [5.74, 6) is -15.8. The van der Waals surface area contributed by atoms with Crippen LogP contribution in [0.25, 0.3) is 22.3 Å². The van der Waals surface area contributed by atoms with Crippen molar-refractivity contribution in [1.29, 1.82) is 0 Å². The summed E-state index contributed by atoms with van der Waals surface area (Å²) in [6.07, 6.45) is -1.01. The smallest absolute Gasteiger partial charge is 0.329 e. The molecule has 10 N–H and O–H groups in total. The second-order valence-electron chi connectivity index (χ2n) is 26.6. The summed E-state index contributed by atoms with van der Waals surface area (Å²) in [4.78, 5) is 167. The summed E-state index contributed by atoms with van der Waals surface area (Å²) in [7, 11) is 0. The van der Waals surface area contributed by atoms with Crippen LogP contribution in [0.15, 0.2) is 78.9 Å². The lowest BCUT2D eigenvalue weighted by Gasteiger charge is -2.30. The number of nitrogens with two attached hydrogens (primary N) is 1. The number of aliphatic hydroxyl groups is 2. The van der Waals surface area contributed by atoms with E-state index in [1.165, 1.54) is 13.8 Å². The van der Waals surface area contributed by atoms with Gasteiger partial charge in [0, 0.05) is 49.9 Å². The number of esters is 1. The number of primary amides is 1. The van der Waals surface area contributed by atoms with Gasteiger partial charge in [0.1, 0.15) is 23.7 Å². The maximum Gasteiger partial charge on any atom is 0.329 e. The largest absolute Gasteiger partial charge is 0.458 e. The fourth-order valence-corrected chi connectivity index (χ4v) is 11.8. The van der Waals surface area contributed by atoms with Crippen molar-refractivity contribution in [2.75, 3.05) is 13.2 Å². The van der Waals surface area contributed by atoms with Crippen LogP contribution < -0.4 is 37.6 Å². The molecule has 1 saturated heterocycles. The second-order valence-corrected chi connectivity index (χ2v) is 26.6. The molecule has 22 nitrogen and oxygen atoms in total. The van der Waals surface area contributed by atoms with E-state index in [0.717, 1.165) is 27.8 Å². The van der Waals surface area contributed by atoms with Gasteiger partial charge in [0.2, 0.25) is 41.4 Å². The molecule has 0 unspecified atom stereocenters. The molecule has 1 saturated carbocycles. The maximum atomic E-state index is 14.6. The Balaban J connectivity index is 1.26. The van der Waals surface area contributed by atoms with Gasteiger partial charge in [-0.3, -0.25) is 52.7 Å². The number of hydrogen-bond acceptors (Lipinski definition) is 15. The van der Waals surface area contributed by atoms with Crippen LogP contribution in [0.2, 0.25) is 0 Å². The van der Waals surface area contributed by atoms with Crippen LogP contribution in [0.5, 0.6) is 0 Å². The van der Waals surface area contributed by atoms with Crippen molar-refractivity contribution in [2.45, 2.75) is 208 Å². The molecule has 1 aliphatic carbocycles. The van der Waals surface area contributed by atoms with Crippen LogP contribution >= 0.6 is 0 Å². The van der Waals surface area contributed by atoms with E-state index >= 15 is 0 Å². The first kappa shape index (κ1) is 77.7. The van der Waals surface area contributed by atoms with Crippen LogP contribution in [-0.2, 0) is 68.7 Å². The SMILES string of the molecule is CC[C@H](Cc1ccc(-c2ccc(-c3ccccc3)cc2)cc1)C(=O)N[C@H](C(=O)C[C@@H](CO)C(=O)N[C@H](CCC(N)=O)C(=O)C[C@@H](C(=O)N[C@H](C(=O)C[C@@H](CO)C(=O)N[C@H]1C(=O)C[C@@H](C)C(=O)NC2(CC2)C(=O)N[C@@H]([C@@H](C)CC)C(=O)O[C@H]1C)[C@@H](C)CC)[C@@H](C)CC)[C@@H](C)CC. The van der Waals surface area contributed by atoms with E-state index in [0.29, 0.717) is 51.4 Å². The summed E-state index contributed by atoms with van der Waals surface area (Å²) in [5.41, 5.74) is 9.48. The Kier molecular flexibility index (Phi) is 30.1. The Labute approximate surface area is 559 Å². The first-order valence-electron chi connectivity index (χ1n) is 34.0. The number of rotatable bonds is 35. The molecule has 5 rings (SSSR count). The lowest BCUT2D eigenvalue weighted by molar-refractivity contribution is -0.157. The normalized spacial score (nSPS) is 20.8. The summed E-state index contributed by atoms with van der Waals surface area (Å²) < 4.78 is 5.77. The van der Waals surface area contributed by atoms with Crippen molar-refractivity contribution in [3.63, 3.8) is 0 Å². The summed E-state index contributed by atoms with van der Waals surface area (Å²) in [6.45, 7) is 17.1. The maximum absolute atomic E-state index is 14.6. The highest BCUT2D eigenvalue weighted by Crippen LogP contribution is 2.37. The van der Waals surface area contributed by atoms with Gasteiger partial charge in [0.25, 0.3) is 0 Å². The molecule has 0 radical (unpaired) electrons. The van der Waals surface area contributed by atoms with Crippen LogP contribution in [-0.4, -0.2) is 136 Å². The number of carbonyl (C=O) groups is 12. The minimum Gasteiger partial charge on any atom is -0.458 e. The van der Waals surface area contributed by atoms with Gasteiger partial charge >= 0.3 is 5.97 Å². The minimum atomic E-state index is -1.57. The highest BCUT2D eigenvalue weighted by Gasteiger charge is 2.53. The van der Waals surface area contributed by atoms with Crippen molar-refractivity contribution >= 4 is 70.5 Å². The van der Waals surface area contributed by atoms with Gasteiger partial charge in [-0.2, -0.15) is 0 Å². The number of carbonyl (C=O) groups excluding carboxylic acids is 12. The van der Waals surface area contributed by atoms with E-state index in [1.54, 1.807) is 48.5 Å². The molecular formula is C73H103N7O15. The second kappa shape index (κ2) is 36.8. The Morgan fingerprint density at radius 2 is 1.09 bits per heavy atom. The van der Waals surface area contributed by atoms with Gasteiger partial charge in [0.05, 0.1) is 43.2 Å². The van der Waals surface area contributed by atoms with Crippen LogP contribution in [0.3, 0.4) is 0 Å². The molecule has 520 valence electrons. The Hall–Kier alpha value is -7.98. The number of amides is 7. The lowest BCUT2D eigenvalue weighted by atomic mass is 9.83. The average Bonchev–Trinajstić information content (AvgIpc) is 1.63. The van der Waals surface area contributed by atoms with Crippen LogP contribution in [0, 0.1) is 53.3 Å². The van der Waals surface area contributed by atoms with Crippen molar-refractivity contribution < 1.29 is 72.5 Å². The molecule has 2 fully saturated rings. The molecule has 3 aromatic rings. The highest BCUT2D eigenvalue weighted by atomic mass is 16.5. The molecule has 1 spiro atoms. The standard InChI is InChI=1S/C73H103N7O15/c1-12-41(6)55(70(92)77-63(43(8)14-3)60(86)37-54(40-82)69(91)78-65-46(11)95-71(93)64(44(9)15-4)79-72(94)73(32-33-73)80-66(88)45(10)34-58(65)84)38-57(83)56(30-31-61(74)87)75-68(90)53(39-81)36-59(85)62(42(7)13-2)76-67(89)48(16-5)35-47-22-24-50(25-23-47)52-28-26-51(27-29-52)49-20-18-17-19-21-49/h17-29,41-46,48,53-56,62-65,81-82H,12-16,30-40H2,1-11H3,(H2,74,87)(H,75,90)(H,76,89)(H,77,92)(H,78,91)(H,79,94)(H,80,88)/t41-,42-,43-,44-,45+,46-,48+,53-,54-,55+,56+,62-,63-,64-,65+/m0/s1. The van der Waals surface area contributed by atoms with Gasteiger partial charge in [-0.25, -0.2) is 4.79 Å². The van der Waals surface area contributed by atoms with Crippen molar-refractivity contribution in [2.24, 2.45) is 59.0 Å². The monoisotopic (exact) mass is 1320 g/mol. The third-order valence-corrected chi connectivity index (χ3v) is 19.6. The van der Waals surface area contributed by atoms with Gasteiger partial charge < -0.3 is 52.6 Å². The molecule has 15 atom stereocenters. The molecule has 1 aliphatic heterocycles. The topological polar surface area (TPSA) is 353 Å². The molecule has 3 aromatic carbocycles. The number of benzene rings is 3. The summed E-state index contributed by atoms with van der Waals surface area (Å²) in [6, 6.07) is 19.9. The average molecular weight is 1320 g/mol. The van der Waals surface area contributed by atoms with E-state index in [9.17, 15) is 67.7 Å². The fourth-order valence-electron chi connectivity index (χ4n) is 11.8. The van der Waals surface area contributed by atoms with Crippen LogP contribution in [0.1, 0.15) is 165 Å². The quantitative estimate of drug-likeness (QED) is 0.0289. The van der Waals surface area contributed by atoms with Crippen molar-refractivity contribution in [1.82, 2.24) is 31.9 Å². The van der Waals surface area contributed by atoms with Crippen molar-refractivity contribution in [3.05, 3.63) is 84.4 Å². The van der Waals surface area contributed by atoms with Gasteiger partial charge in [-0.05, 0) is 90.5 Å². The molecule has 95 heavy (non-hydrogen) atoms. The number of nitrogens with one attached hydrogen (secondary N) is 6. The first-order valence-corrected chi connectivity index (χ1v) is 34.0. The number of Topliss-reactive ketones (excluding diaryl/α,β-unsaturated/α-hetero) is 4. The lowest BCUT2D eigenvalue weighted by Crippen LogP contribution is -2.56. The zero-order valence-electron chi connectivity index (χ0n) is 57.3. The number of ketones is 4. The summed E-state index contributed by atoms with van der Waals surface area (Å²) >= 11 is 0. The van der Waals surface area contributed by atoms with E-state index in [2.05, 4.69) is 68.3 Å². The number of aliphatic hydroxyl groups excluding tert-OH is 2. The minimum absolute atomic E-state index is 0.298. The van der Waals surface area contributed by atoms with Crippen LogP contribution in [0.4, 0.5) is 0 Å². The van der Waals surface area contributed by atoms with E-state index in [1.807, 2.05) is 56.3 Å². The molecule has 22 heteroatoms. The van der Waals surface area contributed by atoms with E-state index in [4.69, 9.17) is 10.5 Å². The predicted molar refractivity (Wildman–Crippen MR) is 359 cm³/mol. The Morgan fingerprint density at radius 1 is 0.600 bits per heavy atom. The molecule has 0 aromatic heterocycles. The Bertz CT molecular complexity index is 3150. The first-order chi connectivity index (χ1) is 45.1. The molecule has 0 bridgehead atoms. The summed E-state index contributed by atoms with van der Waals surface area (Å²) in [5, 5.41) is 37.7. The third-order valence-electron chi connectivity index (χ3n) is 19.6. The molecule has 7 amide bonds. The highest BCUT2D eigenvalue weighted by molar-refractivity contribution is 6.00. The third kappa shape index (κ3) is 21.8. The zero-order valence-corrected chi connectivity index (χ0v) is 57.3. The number of hydrogen-bond donors (Lipinski definition) is 9. The van der Waals surface area contributed by atoms with Gasteiger partial charge in [0.15, 0.2) is 23.1 Å². The Morgan fingerprint density at radius 3 is 1.58 bits per heavy atom. The number of ether oxygens (including phenoxy) is 1. The molecule has 1 heterocycles. The van der Waals surface area contributed by atoms with Gasteiger partial charge in [-0.15, -0.1) is 0 Å². The zero-order chi connectivity index (χ0) is 70.4. The molecular weight excluding hydrogens is 1210 g/mol. The van der Waals surface area contributed by atoms with E-state index in [-0.39, 0.29) is 24.7 Å². The predicted octanol–water partition coefficient (Wildman–Crippen LogP) is 6.36. The van der Waals surface area contributed by atoms with E-state index < -0.39 is 193 Å². The van der Waals surface area contributed by atoms with Crippen molar-refractivity contribution in [3.8, 4) is 22.3 Å². The fraction of sp³-hybridized carbons (Fsp3) is 0.589.